The Morgan fingerprint density at radius 1 is 1.16 bits per heavy atom. The molecule has 0 amide bonds. The first kappa shape index (κ1) is 21.6. The molecule has 0 radical (unpaired) electrons. The molecule has 2 aromatic heterocycles. The van der Waals surface area contributed by atoms with E-state index in [1.165, 1.54) is 19.9 Å². The number of aliphatic imine (C=N–C) groups is 1. The topological polar surface area (TPSA) is 110 Å². The van der Waals surface area contributed by atoms with Crippen molar-refractivity contribution < 1.29 is 12.8 Å². The maximum atomic E-state index is 14.8. The minimum Gasteiger partial charge on any atom is -0.386 e. The monoisotopic (exact) mass is 505 g/mol. The Balaban J connectivity index is 1.78. The van der Waals surface area contributed by atoms with Crippen molar-refractivity contribution in [3.05, 3.63) is 58.6 Å². The maximum absolute atomic E-state index is 14.8. The number of hydrogen-bond acceptors (Lipinski definition) is 7. The van der Waals surface area contributed by atoms with Crippen molar-refractivity contribution in [2.24, 2.45) is 10.7 Å². The van der Waals surface area contributed by atoms with E-state index in [1.54, 1.807) is 31.5 Å². The molecule has 0 saturated carbocycles. The maximum Gasteiger partial charge on any atom is 0.165 e. The van der Waals surface area contributed by atoms with Crippen molar-refractivity contribution in [1.29, 1.82) is 0 Å². The lowest BCUT2D eigenvalue weighted by Gasteiger charge is -2.38. The lowest BCUT2D eigenvalue weighted by molar-refractivity contribution is 0.476. The summed E-state index contributed by atoms with van der Waals surface area (Å²) in [7, 11) is -3.66. The van der Waals surface area contributed by atoms with Gasteiger partial charge in [0.25, 0.3) is 0 Å². The van der Waals surface area contributed by atoms with Gasteiger partial charge in [0, 0.05) is 33.5 Å². The fraction of sp³-hybridized carbons (Fsp3) is 0.286. The van der Waals surface area contributed by atoms with Crippen LogP contribution >= 0.6 is 15.9 Å². The average Bonchev–Trinajstić information content (AvgIpc) is 2.67. The second-order valence-corrected chi connectivity index (χ2v) is 11.7. The summed E-state index contributed by atoms with van der Waals surface area (Å²) < 4.78 is 40.1. The van der Waals surface area contributed by atoms with Crippen molar-refractivity contribution in [2.75, 3.05) is 11.1 Å². The number of sulfone groups is 1. The highest BCUT2D eigenvalue weighted by Crippen LogP contribution is 2.39. The first-order valence-corrected chi connectivity index (χ1v) is 11.9. The number of nitrogens with one attached hydrogen (secondary N) is 1. The van der Waals surface area contributed by atoms with Crippen molar-refractivity contribution >= 4 is 54.0 Å². The molecule has 1 atom stereocenters. The number of fused-ring (bicyclic) bond motifs is 1. The summed E-state index contributed by atoms with van der Waals surface area (Å²) in [6.07, 6.45) is 3.31. The smallest absolute Gasteiger partial charge is 0.165 e. The third-order valence-electron chi connectivity index (χ3n) is 5.61. The number of anilines is 2. The molecule has 3 heterocycles. The van der Waals surface area contributed by atoms with Crippen molar-refractivity contribution in [3.8, 4) is 0 Å². The number of amidine groups is 1. The minimum atomic E-state index is -3.66. The molecular formula is C21H21BrFN5O2S. The number of pyridine rings is 2. The standard InChI is InChI=1S/C21H21BrFN5O2S/c1-20(2)19(24)28-21(3,11-31(20,29)30)15-9-14(4-5-16(15)23)27-18-17-12(6-7-25-18)8-13(22)10-26-17/h4-10H,11H2,1-3H3,(H2,24,28)(H,25,27)/t21-/m0/s1. The lowest BCUT2D eigenvalue weighted by Crippen LogP contribution is -2.54. The molecule has 10 heteroatoms. The summed E-state index contributed by atoms with van der Waals surface area (Å²) in [5, 5.41) is 4.03. The molecule has 4 rings (SSSR count). The van der Waals surface area contributed by atoms with E-state index in [4.69, 9.17) is 5.73 Å². The number of hydrogen-bond donors (Lipinski definition) is 2. The summed E-state index contributed by atoms with van der Waals surface area (Å²) >= 11 is 3.40. The molecule has 0 bridgehead atoms. The normalized spacial score (nSPS) is 22.2. The Bertz CT molecular complexity index is 1340. The van der Waals surface area contributed by atoms with Crippen LogP contribution < -0.4 is 11.1 Å². The lowest BCUT2D eigenvalue weighted by atomic mass is 9.92. The molecule has 0 fully saturated rings. The molecule has 7 nitrogen and oxygen atoms in total. The zero-order valence-electron chi connectivity index (χ0n) is 17.1. The van der Waals surface area contributed by atoms with E-state index in [2.05, 4.69) is 36.2 Å². The van der Waals surface area contributed by atoms with Crippen LogP contribution in [0.25, 0.3) is 10.9 Å². The van der Waals surface area contributed by atoms with E-state index in [0.29, 0.717) is 17.0 Å². The summed E-state index contributed by atoms with van der Waals surface area (Å²) in [5.41, 5.74) is 5.95. The van der Waals surface area contributed by atoms with E-state index >= 15 is 0 Å². The Hall–Kier alpha value is -2.59. The summed E-state index contributed by atoms with van der Waals surface area (Å²) in [4.78, 5) is 13.2. The third-order valence-corrected chi connectivity index (χ3v) is 8.75. The number of aromatic nitrogens is 2. The van der Waals surface area contributed by atoms with Crippen LogP contribution in [0.4, 0.5) is 15.9 Å². The van der Waals surface area contributed by atoms with E-state index in [-0.39, 0.29) is 17.2 Å². The molecule has 0 spiro atoms. The molecule has 1 aromatic carbocycles. The van der Waals surface area contributed by atoms with E-state index < -0.39 is 25.9 Å². The number of rotatable bonds is 3. The average molecular weight is 506 g/mol. The van der Waals surface area contributed by atoms with Crippen LogP contribution in [0.3, 0.4) is 0 Å². The summed E-state index contributed by atoms with van der Waals surface area (Å²) in [6, 6.07) is 8.12. The Kier molecular flexibility index (Phi) is 5.05. The van der Waals surface area contributed by atoms with Crippen molar-refractivity contribution in [1.82, 2.24) is 9.97 Å². The van der Waals surface area contributed by atoms with Crippen molar-refractivity contribution in [2.45, 2.75) is 31.1 Å². The third kappa shape index (κ3) is 3.67. The molecule has 0 saturated heterocycles. The zero-order valence-corrected chi connectivity index (χ0v) is 19.6. The Labute approximate surface area is 188 Å². The molecule has 1 aliphatic rings. The SMILES string of the molecule is CC1(C)C(N)=N[C@](C)(c2cc(Nc3nccc4cc(Br)cnc34)ccc2F)CS1(=O)=O. The molecule has 162 valence electrons. The van der Waals surface area contributed by atoms with Gasteiger partial charge in [0.05, 0.1) is 5.75 Å². The van der Waals surface area contributed by atoms with E-state index in [9.17, 15) is 12.8 Å². The highest BCUT2D eigenvalue weighted by atomic mass is 79.9. The van der Waals surface area contributed by atoms with E-state index in [1.807, 2.05) is 12.1 Å². The van der Waals surface area contributed by atoms with Gasteiger partial charge >= 0.3 is 0 Å². The van der Waals surface area contributed by atoms with Crippen molar-refractivity contribution in [3.63, 3.8) is 0 Å². The Morgan fingerprint density at radius 2 is 1.90 bits per heavy atom. The minimum absolute atomic E-state index is 0.0375. The fourth-order valence-corrected chi connectivity index (χ4v) is 5.59. The first-order chi connectivity index (χ1) is 14.4. The van der Waals surface area contributed by atoms with Crippen LogP contribution in [-0.2, 0) is 15.4 Å². The number of nitrogens with two attached hydrogens (primary N) is 1. The highest BCUT2D eigenvalue weighted by molar-refractivity contribution is 9.10. The van der Waals surface area contributed by atoms with Crippen LogP contribution in [0.2, 0.25) is 0 Å². The molecular weight excluding hydrogens is 485 g/mol. The second kappa shape index (κ2) is 7.23. The first-order valence-electron chi connectivity index (χ1n) is 9.48. The van der Waals surface area contributed by atoms with Gasteiger partial charge in [-0.2, -0.15) is 0 Å². The van der Waals surface area contributed by atoms with Gasteiger partial charge in [0.1, 0.15) is 27.5 Å². The predicted octanol–water partition coefficient (Wildman–Crippen LogP) is 4.05. The van der Waals surface area contributed by atoms with Gasteiger partial charge < -0.3 is 11.1 Å². The quantitative estimate of drug-likeness (QED) is 0.555. The molecule has 0 aliphatic carbocycles. The molecule has 1 aliphatic heterocycles. The van der Waals surface area contributed by atoms with Crippen LogP contribution in [0.5, 0.6) is 0 Å². The largest absolute Gasteiger partial charge is 0.386 e. The summed E-state index contributed by atoms with van der Waals surface area (Å²) in [5.74, 6) is -0.457. The van der Waals surface area contributed by atoms with Gasteiger partial charge in [-0.15, -0.1) is 0 Å². The van der Waals surface area contributed by atoms with E-state index in [0.717, 1.165) is 9.86 Å². The van der Waals surface area contributed by atoms with Gasteiger partial charge in [0.15, 0.2) is 15.7 Å². The zero-order chi connectivity index (χ0) is 22.6. The van der Waals surface area contributed by atoms with Crippen LogP contribution in [0, 0.1) is 5.82 Å². The fourth-order valence-electron chi connectivity index (χ4n) is 3.56. The van der Waals surface area contributed by atoms with Gasteiger partial charge in [-0.3, -0.25) is 9.98 Å². The molecule has 31 heavy (non-hydrogen) atoms. The molecule has 3 aromatic rings. The Morgan fingerprint density at radius 3 is 2.61 bits per heavy atom. The van der Waals surface area contributed by atoms with Crippen LogP contribution in [-0.4, -0.2) is 34.7 Å². The second-order valence-electron chi connectivity index (χ2n) is 8.24. The van der Waals surface area contributed by atoms with Gasteiger partial charge in [-0.1, -0.05) is 0 Å². The highest BCUT2D eigenvalue weighted by Gasteiger charge is 2.49. The summed E-state index contributed by atoms with van der Waals surface area (Å²) in [6.45, 7) is 4.59. The molecule has 3 N–H and O–H groups in total. The molecule has 0 unspecified atom stereocenters. The van der Waals surface area contributed by atoms with Gasteiger partial charge in [-0.25, -0.2) is 17.8 Å². The number of benzene rings is 1. The number of nitrogens with zero attached hydrogens (tertiary/aromatic N) is 3. The van der Waals surface area contributed by atoms with Crippen LogP contribution in [0.1, 0.15) is 26.3 Å². The predicted molar refractivity (Wildman–Crippen MR) is 124 cm³/mol. The van der Waals surface area contributed by atoms with Crippen LogP contribution in [0.15, 0.2) is 52.2 Å². The number of halogens is 2. The van der Waals surface area contributed by atoms with Gasteiger partial charge in [0.2, 0.25) is 0 Å². The van der Waals surface area contributed by atoms with Gasteiger partial charge in [-0.05, 0) is 67.0 Å².